The van der Waals surface area contributed by atoms with Crippen LogP contribution in [0.15, 0.2) is 4.79 Å². The van der Waals surface area contributed by atoms with E-state index in [9.17, 15) is 4.79 Å². The van der Waals surface area contributed by atoms with E-state index in [1.165, 1.54) is 10.4 Å². The van der Waals surface area contributed by atoms with Crippen LogP contribution in [0, 0.1) is 0 Å². The first-order valence-electron chi connectivity index (χ1n) is 5.19. The molecule has 0 radical (unpaired) electrons. The van der Waals surface area contributed by atoms with Crippen molar-refractivity contribution in [2.45, 2.75) is 12.8 Å². The number of aromatic amines is 1. The quantitative estimate of drug-likeness (QED) is 0.726. The summed E-state index contributed by atoms with van der Waals surface area (Å²) in [6.45, 7) is 0.405. The number of rotatable bonds is 3. The van der Waals surface area contributed by atoms with Crippen LogP contribution in [0.4, 0.5) is 5.95 Å². The van der Waals surface area contributed by atoms with E-state index in [1.807, 2.05) is 0 Å². The van der Waals surface area contributed by atoms with Gasteiger partial charge in [0.05, 0.1) is 12.0 Å². The minimum Gasteiger partial charge on any atom is -0.395 e. The first-order chi connectivity index (χ1) is 7.79. The number of hydrogen-bond acceptors (Lipinski definition) is 5. The second kappa shape index (κ2) is 3.57. The fourth-order valence-corrected chi connectivity index (χ4v) is 3.12. The Balaban J connectivity index is 2.12. The van der Waals surface area contributed by atoms with E-state index in [2.05, 4.69) is 15.3 Å². The van der Waals surface area contributed by atoms with E-state index in [4.69, 9.17) is 5.11 Å². The number of aliphatic hydroxyl groups excluding tert-OH is 1. The lowest BCUT2D eigenvalue weighted by atomic mass is 9.96. The molecule has 0 aromatic carbocycles. The van der Waals surface area contributed by atoms with Gasteiger partial charge in [-0.2, -0.15) is 0 Å². The fraction of sp³-hybridized carbons (Fsp3) is 0.400. The number of fused-ring (bicyclic) bond motifs is 3. The van der Waals surface area contributed by atoms with Crippen LogP contribution in [0.25, 0.3) is 10.2 Å². The van der Waals surface area contributed by atoms with Crippen molar-refractivity contribution in [1.29, 1.82) is 0 Å². The van der Waals surface area contributed by atoms with Crippen molar-refractivity contribution in [3.63, 3.8) is 0 Å². The Bertz CT molecular complexity index is 602. The maximum absolute atomic E-state index is 11.8. The van der Waals surface area contributed by atoms with Crippen molar-refractivity contribution >= 4 is 27.5 Å². The Morgan fingerprint density at radius 3 is 3.06 bits per heavy atom. The van der Waals surface area contributed by atoms with Gasteiger partial charge in [-0.3, -0.25) is 9.78 Å². The molecule has 5 nitrogen and oxygen atoms in total. The van der Waals surface area contributed by atoms with E-state index in [1.54, 1.807) is 11.3 Å². The standard InChI is InChI=1S/C10H11N3O2S/c14-4-3-11-10-12-8(15)7-5-1-2-6(5)16-9(7)13-10/h14H,1-4H2,(H2,11,12,13,15). The van der Waals surface area contributed by atoms with Gasteiger partial charge in [0.25, 0.3) is 5.56 Å². The first kappa shape index (κ1) is 9.80. The second-order valence-electron chi connectivity index (χ2n) is 3.75. The Morgan fingerprint density at radius 1 is 1.50 bits per heavy atom. The Hall–Kier alpha value is -1.40. The highest BCUT2D eigenvalue weighted by atomic mass is 32.1. The van der Waals surface area contributed by atoms with Gasteiger partial charge in [0.1, 0.15) is 4.83 Å². The molecule has 0 saturated carbocycles. The largest absolute Gasteiger partial charge is 0.395 e. The smallest absolute Gasteiger partial charge is 0.261 e. The molecule has 0 unspecified atom stereocenters. The molecule has 2 heterocycles. The molecule has 6 heteroatoms. The fourth-order valence-electron chi connectivity index (χ4n) is 1.90. The zero-order valence-electron chi connectivity index (χ0n) is 8.54. The maximum Gasteiger partial charge on any atom is 0.261 e. The highest BCUT2D eigenvalue weighted by Gasteiger charge is 2.23. The third-order valence-electron chi connectivity index (χ3n) is 2.75. The van der Waals surface area contributed by atoms with Crippen LogP contribution in [0.5, 0.6) is 0 Å². The molecule has 2 aromatic heterocycles. The molecule has 1 aliphatic rings. The number of nitrogens with zero attached hydrogens (tertiary/aromatic N) is 1. The summed E-state index contributed by atoms with van der Waals surface area (Å²) in [5.41, 5.74) is 1.09. The van der Waals surface area contributed by atoms with Crippen LogP contribution in [0.3, 0.4) is 0 Å². The van der Waals surface area contributed by atoms with Gasteiger partial charge >= 0.3 is 0 Å². The minimum atomic E-state index is -0.0809. The zero-order chi connectivity index (χ0) is 11.1. The van der Waals surface area contributed by atoms with E-state index in [0.29, 0.717) is 12.5 Å². The highest BCUT2D eigenvalue weighted by molar-refractivity contribution is 7.19. The Kier molecular flexibility index (Phi) is 2.19. The maximum atomic E-state index is 11.8. The van der Waals surface area contributed by atoms with Gasteiger partial charge in [0.2, 0.25) is 5.95 Å². The van der Waals surface area contributed by atoms with E-state index < -0.39 is 0 Å². The number of aryl methyl sites for hydroxylation is 2. The number of hydrogen-bond donors (Lipinski definition) is 3. The summed E-state index contributed by atoms with van der Waals surface area (Å²) in [4.78, 5) is 20.9. The molecule has 0 spiro atoms. The number of aromatic nitrogens is 2. The summed E-state index contributed by atoms with van der Waals surface area (Å²) in [5.74, 6) is 0.438. The molecule has 3 N–H and O–H groups in total. The number of aliphatic hydroxyl groups is 1. The van der Waals surface area contributed by atoms with Crippen LogP contribution in [-0.2, 0) is 12.8 Å². The predicted octanol–water partition coefficient (Wildman–Crippen LogP) is 0.487. The number of H-pyrrole nitrogens is 1. The molecule has 0 fully saturated rings. The molecule has 1 aliphatic carbocycles. The summed E-state index contributed by atoms with van der Waals surface area (Å²) < 4.78 is 0. The van der Waals surface area contributed by atoms with E-state index in [0.717, 1.165) is 23.1 Å². The predicted molar refractivity (Wildman–Crippen MR) is 63.2 cm³/mol. The van der Waals surface area contributed by atoms with Crippen LogP contribution >= 0.6 is 11.3 Å². The highest BCUT2D eigenvalue weighted by Crippen LogP contribution is 2.36. The van der Waals surface area contributed by atoms with Gasteiger partial charge in [0, 0.05) is 11.4 Å². The van der Waals surface area contributed by atoms with Crippen molar-refractivity contribution in [2.24, 2.45) is 0 Å². The Morgan fingerprint density at radius 2 is 2.38 bits per heavy atom. The van der Waals surface area contributed by atoms with Gasteiger partial charge in [-0.05, 0) is 18.4 Å². The molecule has 0 bridgehead atoms. The average Bonchev–Trinajstić information content (AvgIpc) is 2.49. The molecule has 2 aromatic rings. The van der Waals surface area contributed by atoms with Crippen molar-refractivity contribution < 1.29 is 5.11 Å². The molecule has 3 rings (SSSR count). The van der Waals surface area contributed by atoms with Gasteiger partial charge in [-0.1, -0.05) is 0 Å². The SMILES string of the molecule is O=c1[nH]c(NCCO)nc2sc3c(c12)CC3. The third-order valence-corrected chi connectivity index (χ3v) is 3.94. The van der Waals surface area contributed by atoms with Crippen molar-refractivity contribution in [3.8, 4) is 0 Å². The number of nitrogens with one attached hydrogen (secondary N) is 2. The third kappa shape index (κ3) is 1.34. The number of anilines is 1. The lowest BCUT2D eigenvalue weighted by Crippen LogP contribution is -2.16. The minimum absolute atomic E-state index is 0.0166. The summed E-state index contributed by atoms with van der Waals surface area (Å²) >= 11 is 1.59. The summed E-state index contributed by atoms with van der Waals surface area (Å²) in [6.07, 6.45) is 2.05. The molecular formula is C10H11N3O2S. The molecular weight excluding hydrogens is 226 g/mol. The normalized spacial score (nSPS) is 13.6. The Labute approximate surface area is 95.2 Å². The van der Waals surface area contributed by atoms with Crippen LogP contribution in [0.2, 0.25) is 0 Å². The lowest BCUT2D eigenvalue weighted by Gasteiger charge is -2.10. The van der Waals surface area contributed by atoms with Crippen molar-refractivity contribution in [2.75, 3.05) is 18.5 Å². The summed E-state index contributed by atoms with van der Waals surface area (Å²) in [7, 11) is 0. The van der Waals surface area contributed by atoms with Gasteiger partial charge in [-0.25, -0.2) is 4.98 Å². The van der Waals surface area contributed by atoms with Gasteiger partial charge in [0.15, 0.2) is 0 Å². The molecule has 0 amide bonds. The molecule has 16 heavy (non-hydrogen) atoms. The van der Waals surface area contributed by atoms with E-state index in [-0.39, 0.29) is 12.2 Å². The first-order valence-corrected chi connectivity index (χ1v) is 6.00. The average molecular weight is 237 g/mol. The van der Waals surface area contributed by atoms with Gasteiger partial charge < -0.3 is 10.4 Å². The lowest BCUT2D eigenvalue weighted by molar-refractivity contribution is 0.311. The number of thiophene rings is 1. The summed E-state index contributed by atoms with van der Waals surface area (Å²) in [6, 6.07) is 0. The molecule has 84 valence electrons. The van der Waals surface area contributed by atoms with Crippen molar-refractivity contribution in [1.82, 2.24) is 9.97 Å². The van der Waals surface area contributed by atoms with Crippen LogP contribution in [-0.4, -0.2) is 28.2 Å². The van der Waals surface area contributed by atoms with Gasteiger partial charge in [-0.15, -0.1) is 11.3 Å². The molecule has 0 saturated heterocycles. The molecule has 0 atom stereocenters. The van der Waals surface area contributed by atoms with Crippen molar-refractivity contribution in [3.05, 3.63) is 20.8 Å². The summed E-state index contributed by atoms with van der Waals surface area (Å²) in [5, 5.41) is 12.3. The van der Waals surface area contributed by atoms with Crippen LogP contribution < -0.4 is 10.9 Å². The van der Waals surface area contributed by atoms with E-state index >= 15 is 0 Å². The second-order valence-corrected chi connectivity index (χ2v) is 4.83. The molecule has 0 aliphatic heterocycles. The van der Waals surface area contributed by atoms with Crippen LogP contribution in [0.1, 0.15) is 10.4 Å². The zero-order valence-corrected chi connectivity index (χ0v) is 9.36. The topological polar surface area (TPSA) is 78.0 Å². The monoisotopic (exact) mass is 237 g/mol.